The van der Waals surface area contributed by atoms with Crippen LogP contribution in [0.2, 0.25) is 0 Å². The van der Waals surface area contributed by atoms with Crippen LogP contribution in [0.3, 0.4) is 0 Å². The molecule has 1 unspecified atom stereocenters. The average Bonchev–Trinajstić information content (AvgIpc) is 2.05. The summed E-state index contributed by atoms with van der Waals surface area (Å²) in [5.74, 6) is 0.413. The highest BCUT2D eigenvalue weighted by molar-refractivity contribution is 5.75. The van der Waals surface area contributed by atoms with Crippen molar-refractivity contribution in [2.24, 2.45) is 11.7 Å². The van der Waals surface area contributed by atoms with E-state index in [0.29, 0.717) is 12.5 Å². The molecule has 1 aliphatic carbocycles. The summed E-state index contributed by atoms with van der Waals surface area (Å²) < 4.78 is 0. The second-order valence-corrected chi connectivity index (χ2v) is 3.25. The number of primary amides is 1. The van der Waals surface area contributed by atoms with Crippen LogP contribution in [-0.2, 0) is 4.79 Å². The molecule has 0 spiro atoms. The number of carbonyl (C=O) groups is 1. The van der Waals surface area contributed by atoms with Crippen LogP contribution in [0.15, 0.2) is 12.2 Å². The van der Waals surface area contributed by atoms with Gasteiger partial charge in [-0.05, 0) is 31.7 Å². The van der Waals surface area contributed by atoms with Crippen LogP contribution in [0.5, 0.6) is 0 Å². The van der Waals surface area contributed by atoms with E-state index in [9.17, 15) is 4.79 Å². The minimum Gasteiger partial charge on any atom is -0.369 e. The van der Waals surface area contributed by atoms with Crippen molar-refractivity contribution in [3.63, 3.8) is 0 Å². The summed E-state index contributed by atoms with van der Waals surface area (Å²) in [4.78, 5) is 10.4. The highest BCUT2D eigenvalue weighted by Crippen LogP contribution is 2.16. The van der Waals surface area contributed by atoms with Crippen LogP contribution in [-0.4, -0.2) is 19.0 Å². The quantitative estimate of drug-likeness (QED) is 0.598. The molecule has 0 fully saturated rings. The lowest BCUT2D eigenvalue weighted by Crippen LogP contribution is -2.32. The molecule has 0 saturated heterocycles. The van der Waals surface area contributed by atoms with Crippen LogP contribution >= 0.6 is 0 Å². The summed E-state index contributed by atoms with van der Waals surface area (Å²) in [6.07, 6.45) is 7.95. The summed E-state index contributed by atoms with van der Waals surface area (Å²) in [6, 6.07) is 0. The molecule has 0 saturated carbocycles. The molecule has 0 aromatic carbocycles. The predicted octanol–water partition coefficient (Wildman–Crippen LogP) is 0.418. The zero-order valence-electron chi connectivity index (χ0n) is 7.25. The van der Waals surface area contributed by atoms with Gasteiger partial charge in [-0.1, -0.05) is 12.2 Å². The van der Waals surface area contributed by atoms with Crippen molar-refractivity contribution in [3.05, 3.63) is 12.2 Å². The van der Waals surface area contributed by atoms with Gasteiger partial charge >= 0.3 is 0 Å². The van der Waals surface area contributed by atoms with Crippen LogP contribution in [0, 0.1) is 5.92 Å². The third-order valence-electron chi connectivity index (χ3n) is 2.11. The Labute approximate surface area is 73.0 Å². The molecule has 0 aliphatic heterocycles. The van der Waals surface area contributed by atoms with E-state index >= 15 is 0 Å². The molecule has 0 aromatic rings. The van der Waals surface area contributed by atoms with Gasteiger partial charge in [0.05, 0.1) is 6.54 Å². The van der Waals surface area contributed by atoms with Gasteiger partial charge in [0.25, 0.3) is 0 Å². The first-order valence-corrected chi connectivity index (χ1v) is 4.43. The summed E-state index contributed by atoms with van der Waals surface area (Å²) in [5.41, 5.74) is 4.99. The predicted molar refractivity (Wildman–Crippen MR) is 48.5 cm³/mol. The fraction of sp³-hybridized carbons (Fsp3) is 0.667. The van der Waals surface area contributed by atoms with Gasteiger partial charge in [-0.3, -0.25) is 4.79 Å². The SMILES string of the molecule is NC(=O)CNCC1CC=CCC1. The Morgan fingerprint density at radius 2 is 2.42 bits per heavy atom. The highest BCUT2D eigenvalue weighted by atomic mass is 16.1. The van der Waals surface area contributed by atoms with Gasteiger partial charge in [-0.15, -0.1) is 0 Å². The van der Waals surface area contributed by atoms with Crippen molar-refractivity contribution in [2.75, 3.05) is 13.1 Å². The van der Waals surface area contributed by atoms with E-state index in [1.165, 1.54) is 12.8 Å². The van der Waals surface area contributed by atoms with Crippen molar-refractivity contribution in [1.29, 1.82) is 0 Å². The van der Waals surface area contributed by atoms with E-state index in [2.05, 4.69) is 17.5 Å². The van der Waals surface area contributed by atoms with Gasteiger partial charge < -0.3 is 11.1 Å². The third-order valence-corrected chi connectivity index (χ3v) is 2.11. The Kier molecular flexibility index (Phi) is 3.80. The Balaban J connectivity index is 2.06. The fourth-order valence-electron chi connectivity index (χ4n) is 1.44. The lowest BCUT2D eigenvalue weighted by Gasteiger charge is -2.17. The number of hydrogen-bond acceptors (Lipinski definition) is 2. The van der Waals surface area contributed by atoms with Crippen molar-refractivity contribution < 1.29 is 4.79 Å². The molecule has 0 bridgehead atoms. The number of carbonyl (C=O) groups excluding carboxylic acids is 1. The standard InChI is InChI=1S/C9H16N2O/c10-9(12)7-11-6-8-4-2-1-3-5-8/h1-2,8,11H,3-7H2,(H2,10,12). The maximum Gasteiger partial charge on any atom is 0.231 e. The summed E-state index contributed by atoms with van der Waals surface area (Å²) in [7, 11) is 0. The fourth-order valence-corrected chi connectivity index (χ4v) is 1.44. The minimum absolute atomic E-state index is 0.277. The number of hydrogen-bond donors (Lipinski definition) is 2. The molecule has 1 amide bonds. The van der Waals surface area contributed by atoms with E-state index in [0.717, 1.165) is 13.0 Å². The lowest BCUT2D eigenvalue weighted by atomic mass is 9.94. The summed E-state index contributed by atoms with van der Waals surface area (Å²) in [5, 5.41) is 3.05. The second-order valence-electron chi connectivity index (χ2n) is 3.25. The van der Waals surface area contributed by atoms with Gasteiger partial charge in [0.2, 0.25) is 5.91 Å². The van der Waals surface area contributed by atoms with Gasteiger partial charge in [0.1, 0.15) is 0 Å². The first-order valence-electron chi connectivity index (χ1n) is 4.43. The molecule has 0 heterocycles. The number of nitrogens with one attached hydrogen (secondary N) is 1. The molecule has 68 valence electrons. The maximum atomic E-state index is 10.4. The van der Waals surface area contributed by atoms with Crippen molar-refractivity contribution in [1.82, 2.24) is 5.32 Å². The normalized spacial score (nSPS) is 22.5. The maximum absolute atomic E-state index is 10.4. The Bertz CT molecular complexity index is 177. The van der Waals surface area contributed by atoms with Gasteiger partial charge in [0, 0.05) is 0 Å². The highest BCUT2D eigenvalue weighted by Gasteiger charge is 2.08. The van der Waals surface area contributed by atoms with Crippen molar-refractivity contribution in [2.45, 2.75) is 19.3 Å². The van der Waals surface area contributed by atoms with Gasteiger partial charge in [0.15, 0.2) is 0 Å². The van der Waals surface area contributed by atoms with Gasteiger partial charge in [-0.25, -0.2) is 0 Å². The summed E-state index contributed by atoms with van der Waals surface area (Å²) in [6.45, 7) is 1.22. The van der Waals surface area contributed by atoms with E-state index in [1.54, 1.807) is 0 Å². The first kappa shape index (κ1) is 9.26. The van der Waals surface area contributed by atoms with Gasteiger partial charge in [-0.2, -0.15) is 0 Å². The van der Waals surface area contributed by atoms with Crippen molar-refractivity contribution in [3.8, 4) is 0 Å². The smallest absolute Gasteiger partial charge is 0.231 e. The van der Waals surface area contributed by atoms with Crippen LogP contribution in [0.1, 0.15) is 19.3 Å². The van der Waals surface area contributed by atoms with Crippen LogP contribution in [0.4, 0.5) is 0 Å². The van der Waals surface area contributed by atoms with Crippen molar-refractivity contribution >= 4 is 5.91 Å². The summed E-state index contributed by atoms with van der Waals surface area (Å²) >= 11 is 0. The molecule has 0 aromatic heterocycles. The molecule has 1 aliphatic rings. The molecule has 12 heavy (non-hydrogen) atoms. The molecule has 3 heteroatoms. The van der Waals surface area contributed by atoms with E-state index in [-0.39, 0.29) is 5.91 Å². The Morgan fingerprint density at radius 1 is 1.58 bits per heavy atom. The number of rotatable bonds is 4. The van der Waals surface area contributed by atoms with E-state index in [1.807, 2.05) is 0 Å². The molecule has 3 N–H and O–H groups in total. The third kappa shape index (κ3) is 3.53. The topological polar surface area (TPSA) is 55.1 Å². The van der Waals surface area contributed by atoms with E-state index in [4.69, 9.17) is 5.73 Å². The molecule has 1 atom stereocenters. The van der Waals surface area contributed by atoms with Crippen LogP contribution < -0.4 is 11.1 Å². The first-order chi connectivity index (χ1) is 5.79. The average molecular weight is 168 g/mol. The lowest BCUT2D eigenvalue weighted by molar-refractivity contribution is -0.117. The molecule has 1 rings (SSSR count). The zero-order chi connectivity index (χ0) is 8.81. The Hall–Kier alpha value is -0.830. The largest absolute Gasteiger partial charge is 0.369 e. The monoisotopic (exact) mass is 168 g/mol. The van der Waals surface area contributed by atoms with Crippen LogP contribution in [0.25, 0.3) is 0 Å². The number of allylic oxidation sites excluding steroid dienone is 2. The molecular formula is C9H16N2O. The molecular weight excluding hydrogens is 152 g/mol. The zero-order valence-corrected chi connectivity index (χ0v) is 7.25. The molecule has 0 radical (unpaired) electrons. The second kappa shape index (κ2) is 4.93. The van der Waals surface area contributed by atoms with E-state index < -0.39 is 0 Å². The minimum atomic E-state index is -0.277. The Morgan fingerprint density at radius 3 is 3.00 bits per heavy atom. The number of nitrogens with two attached hydrogens (primary N) is 1. The molecule has 3 nitrogen and oxygen atoms in total. The number of amides is 1.